The van der Waals surface area contributed by atoms with E-state index in [0.717, 1.165) is 9.13 Å². The Kier molecular flexibility index (Phi) is 6.75. The minimum absolute atomic E-state index is 0.225. The van der Waals surface area contributed by atoms with Crippen LogP contribution in [-0.4, -0.2) is 36.7 Å². The molecule has 2 heterocycles. The van der Waals surface area contributed by atoms with E-state index in [4.69, 9.17) is 0 Å². The molecule has 146 valence electrons. The van der Waals surface area contributed by atoms with Crippen LogP contribution in [0.5, 0.6) is 0 Å². The summed E-state index contributed by atoms with van der Waals surface area (Å²) in [4.78, 5) is 4.49. The number of hydrogen-bond donors (Lipinski definition) is 3. The number of nitrogens with one attached hydrogen (secondary N) is 3. The smallest absolute Gasteiger partial charge is 0.240 e. The second kappa shape index (κ2) is 9.26. The minimum atomic E-state index is -3.52. The molecule has 1 aromatic carbocycles. The standard InChI is InChI=1S/C18H19IN6O2S/c1-13-2-7-16(21-12-13)23-18-9-8-17(24-25-18)20-10-11-22-28(26,27)15-5-3-14(19)4-6-15/h2-9,12,22H,10-11H2,1H3,(H,20,24)(H,21,23,25). The van der Waals surface area contributed by atoms with E-state index >= 15 is 0 Å². The Morgan fingerprint density at radius 1 is 0.893 bits per heavy atom. The number of pyridine rings is 1. The summed E-state index contributed by atoms with van der Waals surface area (Å²) >= 11 is 2.13. The zero-order valence-corrected chi connectivity index (χ0v) is 18.0. The zero-order valence-electron chi connectivity index (χ0n) is 15.1. The summed E-state index contributed by atoms with van der Waals surface area (Å²) < 4.78 is 28.0. The van der Waals surface area contributed by atoms with Crippen LogP contribution in [-0.2, 0) is 10.0 Å². The number of sulfonamides is 1. The predicted molar refractivity (Wildman–Crippen MR) is 117 cm³/mol. The zero-order chi connectivity index (χ0) is 20.0. The summed E-state index contributed by atoms with van der Waals surface area (Å²) in [6.45, 7) is 2.57. The Morgan fingerprint density at radius 3 is 2.21 bits per heavy atom. The molecule has 2 aromatic heterocycles. The number of halogens is 1. The average Bonchev–Trinajstić information content (AvgIpc) is 2.69. The van der Waals surface area contributed by atoms with Crippen LogP contribution in [0.15, 0.2) is 59.6 Å². The maximum atomic E-state index is 12.2. The highest BCUT2D eigenvalue weighted by molar-refractivity contribution is 14.1. The first-order valence-electron chi connectivity index (χ1n) is 8.45. The summed E-state index contributed by atoms with van der Waals surface area (Å²) in [6.07, 6.45) is 1.77. The van der Waals surface area contributed by atoms with E-state index in [-0.39, 0.29) is 11.4 Å². The topological polar surface area (TPSA) is 109 Å². The molecule has 3 rings (SSSR count). The molecule has 0 saturated heterocycles. The van der Waals surface area contributed by atoms with Gasteiger partial charge in [-0.3, -0.25) is 0 Å². The van der Waals surface area contributed by atoms with Gasteiger partial charge in [0.2, 0.25) is 10.0 Å². The summed E-state index contributed by atoms with van der Waals surface area (Å²) in [5, 5.41) is 14.2. The van der Waals surface area contributed by atoms with Gasteiger partial charge in [-0.1, -0.05) is 6.07 Å². The number of benzene rings is 1. The van der Waals surface area contributed by atoms with Gasteiger partial charge in [0, 0.05) is 22.9 Å². The van der Waals surface area contributed by atoms with Gasteiger partial charge >= 0.3 is 0 Å². The monoisotopic (exact) mass is 510 g/mol. The second-order valence-electron chi connectivity index (χ2n) is 5.93. The van der Waals surface area contributed by atoms with Crippen molar-refractivity contribution in [1.82, 2.24) is 19.9 Å². The van der Waals surface area contributed by atoms with E-state index in [9.17, 15) is 8.42 Å². The first-order chi connectivity index (χ1) is 13.4. The molecule has 0 aliphatic rings. The van der Waals surface area contributed by atoms with Gasteiger partial charge in [0.1, 0.15) is 11.6 Å². The Hall–Kier alpha value is -2.31. The molecular weight excluding hydrogens is 491 g/mol. The lowest BCUT2D eigenvalue weighted by molar-refractivity contribution is 0.583. The van der Waals surface area contributed by atoms with Gasteiger partial charge < -0.3 is 10.6 Å². The summed E-state index contributed by atoms with van der Waals surface area (Å²) in [6, 6.07) is 14.0. The lowest BCUT2D eigenvalue weighted by Gasteiger charge is -2.09. The molecule has 3 aromatic rings. The van der Waals surface area contributed by atoms with Crippen LogP contribution >= 0.6 is 22.6 Å². The molecule has 10 heteroatoms. The molecular formula is C18H19IN6O2S. The maximum absolute atomic E-state index is 12.2. The van der Waals surface area contributed by atoms with Crippen molar-refractivity contribution in [3.63, 3.8) is 0 Å². The van der Waals surface area contributed by atoms with Crippen LogP contribution in [0.25, 0.3) is 0 Å². The number of rotatable bonds is 8. The molecule has 0 bridgehead atoms. The van der Waals surface area contributed by atoms with Gasteiger partial charge in [-0.25, -0.2) is 18.1 Å². The highest BCUT2D eigenvalue weighted by Gasteiger charge is 2.12. The Balaban J connectivity index is 1.47. The van der Waals surface area contributed by atoms with Gasteiger partial charge in [0.25, 0.3) is 0 Å². The van der Waals surface area contributed by atoms with E-state index in [0.29, 0.717) is 24.0 Å². The van der Waals surface area contributed by atoms with E-state index in [1.165, 1.54) is 0 Å². The van der Waals surface area contributed by atoms with Crippen LogP contribution in [0, 0.1) is 10.5 Å². The normalized spacial score (nSPS) is 11.2. The van der Waals surface area contributed by atoms with Crippen molar-refractivity contribution in [3.05, 3.63) is 63.9 Å². The quantitative estimate of drug-likeness (QED) is 0.316. The molecule has 8 nitrogen and oxygen atoms in total. The first kappa shape index (κ1) is 20.4. The van der Waals surface area contributed by atoms with Crippen LogP contribution in [0.3, 0.4) is 0 Å². The fourth-order valence-corrected chi connectivity index (χ4v) is 3.63. The third-order valence-electron chi connectivity index (χ3n) is 3.68. The molecule has 0 saturated carbocycles. The molecule has 0 amide bonds. The Labute approximate surface area is 177 Å². The second-order valence-corrected chi connectivity index (χ2v) is 8.94. The molecule has 0 atom stereocenters. The van der Waals surface area contributed by atoms with Crippen molar-refractivity contribution in [2.24, 2.45) is 0 Å². The van der Waals surface area contributed by atoms with Crippen molar-refractivity contribution in [1.29, 1.82) is 0 Å². The van der Waals surface area contributed by atoms with Gasteiger partial charge in [-0.2, -0.15) is 0 Å². The Bertz CT molecular complexity index is 1010. The number of aryl methyl sites for hydroxylation is 1. The van der Waals surface area contributed by atoms with Crippen LogP contribution < -0.4 is 15.4 Å². The van der Waals surface area contributed by atoms with Crippen molar-refractivity contribution in [2.75, 3.05) is 23.7 Å². The lowest BCUT2D eigenvalue weighted by atomic mass is 10.3. The fourth-order valence-electron chi connectivity index (χ4n) is 2.24. The number of hydrogen-bond acceptors (Lipinski definition) is 7. The minimum Gasteiger partial charge on any atom is -0.367 e. The molecule has 0 aliphatic heterocycles. The van der Waals surface area contributed by atoms with Crippen molar-refractivity contribution >= 4 is 50.1 Å². The van der Waals surface area contributed by atoms with Crippen molar-refractivity contribution < 1.29 is 8.42 Å². The average molecular weight is 510 g/mol. The van der Waals surface area contributed by atoms with E-state index in [1.807, 2.05) is 19.1 Å². The SMILES string of the molecule is Cc1ccc(Nc2ccc(NCCNS(=O)(=O)c3ccc(I)cc3)nn2)nc1. The van der Waals surface area contributed by atoms with Gasteiger partial charge in [0.05, 0.1) is 4.90 Å². The predicted octanol–water partition coefficient (Wildman–Crippen LogP) is 2.92. The summed E-state index contributed by atoms with van der Waals surface area (Å²) in [5.41, 5.74) is 1.08. The van der Waals surface area contributed by atoms with Crippen molar-refractivity contribution in [2.45, 2.75) is 11.8 Å². The van der Waals surface area contributed by atoms with Crippen molar-refractivity contribution in [3.8, 4) is 0 Å². The molecule has 0 radical (unpaired) electrons. The number of aromatic nitrogens is 3. The molecule has 28 heavy (non-hydrogen) atoms. The lowest BCUT2D eigenvalue weighted by Crippen LogP contribution is -2.29. The molecule has 3 N–H and O–H groups in total. The first-order valence-corrected chi connectivity index (χ1v) is 11.0. The number of nitrogens with zero attached hydrogens (tertiary/aromatic N) is 3. The van der Waals surface area contributed by atoms with Gasteiger partial charge in [0.15, 0.2) is 5.82 Å². The van der Waals surface area contributed by atoms with Crippen LogP contribution in [0.1, 0.15) is 5.56 Å². The molecule has 0 aliphatic carbocycles. The van der Waals surface area contributed by atoms with E-state index < -0.39 is 10.0 Å². The summed E-state index contributed by atoms with van der Waals surface area (Å²) in [5.74, 6) is 1.81. The van der Waals surface area contributed by atoms with Gasteiger partial charge in [-0.15, -0.1) is 10.2 Å². The molecule has 0 unspecified atom stereocenters. The third-order valence-corrected chi connectivity index (χ3v) is 5.88. The highest BCUT2D eigenvalue weighted by atomic mass is 127. The summed E-state index contributed by atoms with van der Waals surface area (Å²) in [7, 11) is -3.52. The third kappa shape index (κ3) is 5.84. The Morgan fingerprint density at radius 2 is 1.57 bits per heavy atom. The van der Waals surface area contributed by atoms with Crippen LogP contribution in [0.4, 0.5) is 17.5 Å². The number of anilines is 3. The maximum Gasteiger partial charge on any atom is 0.240 e. The highest BCUT2D eigenvalue weighted by Crippen LogP contribution is 2.13. The van der Waals surface area contributed by atoms with E-state index in [1.54, 1.807) is 42.6 Å². The molecule has 0 fully saturated rings. The fraction of sp³-hybridized carbons (Fsp3) is 0.167. The van der Waals surface area contributed by atoms with E-state index in [2.05, 4.69) is 53.1 Å². The van der Waals surface area contributed by atoms with Gasteiger partial charge in [-0.05, 0) is 77.5 Å². The van der Waals surface area contributed by atoms with Crippen LogP contribution in [0.2, 0.25) is 0 Å². The largest absolute Gasteiger partial charge is 0.367 e. The molecule has 0 spiro atoms.